The van der Waals surface area contributed by atoms with Crippen LogP contribution in [0.25, 0.3) is 0 Å². The Labute approximate surface area is 167 Å². The first-order chi connectivity index (χ1) is 11.3. The van der Waals surface area contributed by atoms with Crippen LogP contribution in [0.2, 0.25) is 0 Å². The lowest BCUT2D eigenvalue weighted by Crippen LogP contribution is -2.38. The molecule has 0 aliphatic carbocycles. The van der Waals surface area contributed by atoms with Crippen LogP contribution < -0.4 is 10.6 Å². The maximum atomic E-state index is 4.64. The number of nitrogens with zero attached hydrogens (tertiary/aromatic N) is 4. The van der Waals surface area contributed by atoms with E-state index in [2.05, 4.69) is 43.6 Å². The van der Waals surface area contributed by atoms with Gasteiger partial charge in [0.1, 0.15) is 11.6 Å². The first-order valence-corrected chi connectivity index (χ1v) is 10.2. The molecule has 8 heteroatoms. The van der Waals surface area contributed by atoms with Crippen LogP contribution in [0, 0.1) is 0 Å². The first-order valence-electron chi connectivity index (χ1n) is 8.77. The zero-order valence-corrected chi connectivity index (χ0v) is 18.0. The summed E-state index contributed by atoms with van der Waals surface area (Å²) in [7, 11) is 0. The van der Waals surface area contributed by atoms with Gasteiger partial charge in [-0.3, -0.25) is 4.99 Å². The third kappa shape index (κ3) is 7.16. The number of hydrogen-bond donors (Lipinski definition) is 2. The topological polar surface area (TPSA) is 67.1 Å². The van der Waals surface area contributed by atoms with Crippen LogP contribution in [0.15, 0.2) is 4.99 Å². The molecule has 0 unspecified atom stereocenters. The first kappa shape index (κ1) is 21.5. The van der Waals surface area contributed by atoms with E-state index >= 15 is 0 Å². The second-order valence-corrected chi connectivity index (χ2v) is 6.76. The predicted molar refractivity (Wildman–Crippen MR) is 114 cm³/mol. The summed E-state index contributed by atoms with van der Waals surface area (Å²) in [4.78, 5) is 4.64. The van der Waals surface area contributed by atoms with E-state index < -0.39 is 0 Å². The van der Waals surface area contributed by atoms with Crippen molar-refractivity contribution in [3.63, 3.8) is 0 Å². The molecule has 1 aromatic heterocycles. The van der Waals surface area contributed by atoms with Crippen molar-refractivity contribution >= 4 is 41.7 Å². The average Bonchev–Trinajstić information content (AvgIpc) is 2.79. The van der Waals surface area contributed by atoms with Crippen LogP contribution in [-0.2, 0) is 19.4 Å². The molecule has 138 valence electrons. The fourth-order valence-corrected chi connectivity index (χ4v) is 3.08. The lowest BCUT2D eigenvalue weighted by Gasteiger charge is -2.10. The Morgan fingerprint density at radius 1 is 1.25 bits per heavy atom. The number of aromatic nitrogens is 3. The molecule has 2 N–H and O–H groups in total. The van der Waals surface area contributed by atoms with Crippen LogP contribution >= 0.6 is 35.7 Å². The minimum Gasteiger partial charge on any atom is -0.357 e. The SMILES string of the molecule is CCNC(=NCCCc1nnc2n1CCCCC2)NCCSC.I. The largest absolute Gasteiger partial charge is 0.357 e. The molecule has 0 radical (unpaired) electrons. The van der Waals surface area contributed by atoms with E-state index in [-0.39, 0.29) is 24.0 Å². The fourth-order valence-electron chi connectivity index (χ4n) is 2.77. The highest BCUT2D eigenvalue weighted by molar-refractivity contribution is 14.0. The van der Waals surface area contributed by atoms with Gasteiger partial charge in [-0.15, -0.1) is 34.2 Å². The van der Waals surface area contributed by atoms with Crippen LogP contribution in [0.4, 0.5) is 0 Å². The quantitative estimate of drug-likeness (QED) is 0.267. The van der Waals surface area contributed by atoms with Crippen LogP contribution in [0.3, 0.4) is 0 Å². The Hall–Kier alpha value is -0.510. The van der Waals surface area contributed by atoms with E-state index in [1.165, 1.54) is 25.1 Å². The molecule has 0 saturated heterocycles. The van der Waals surface area contributed by atoms with Gasteiger partial charge in [0.2, 0.25) is 0 Å². The van der Waals surface area contributed by atoms with Crippen molar-refractivity contribution in [1.29, 1.82) is 0 Å². The maximum absolute atomic E-state index is 4.64. The van der Waals surface area contributed by atoms with Crippen LogP contribution in [0.5, 0.6) is 0 Å². The molecule has 0 fully saturated rings. The number of thioether (sulfide) groups is 1. The molecule has 0 spiro atoms. The molecule has 2 heterocycles. The summed E-state index contributed by atoms with van der Waals surface area (Å²) in [6.45, 7) is 5.83. The highest BCUT2D eigenvalue weighted by Crippen LogP contribution is 2.15. The number of fused-ring (bicyclic) bond motifs is 1. The summed E-state index contributed by atoms with van der Waals surface area (Å²) in [6.07, 6.45) is 8.97. The average molecular weight is 466 g/mol. The lowest BCUT2D eigenvalue weighted by molar-refractivity contribution is 0.597. The van der Waals surface area contributed by atoms with Crippen molar-refractivity contribution in [3.05, 3.63) is 11.6 Å². The summed E-state index contributed by atoms with van der Waals surface area (Å²) in [5.74, 6) is 4.32. The Bertz CT molecular complexity index is 491. The third-order valence-corrected chi connectivity index (χ3v) is 4.57. The lowest BCUT2D eigenvalue weighted by atomic mass is 10.2. The van der Waals surface area contributed by atoms with Gasteiger partial charge in [0.05, 0.1) is 0 Å². The molecule has 0 bridgehead atoms. The van der Waals surface area contributed by atoms with E-state index in [0.29, 0.717) is 0 Å². The third-order valence-electron chi connectivity index (χ3n) is 3.96. The second-order valence-electron chi connectivity index (χ2n) is 5.78. The second kappa shape index (κ2) is 12.8. The van der Waals surface area contributed by atoms with Crippen molar-refractivity contribution in [2.75, 3.05) is 31.6 Å². The van der Waals surface area contributed by atoms with E-state index in [9.17, 15) is 0 Å². The zero-order valence-electron chi connectivity index (χ0n) is 14.9. The van der Waals surface area contributed by atoms with Gasteiger partial charge in [-0.25, -0.2) is 0 Å². The molecule has 6 nitrogen and oxygen atoms in total. The van der Waals surface area contributed by atoms with Crippen LogP contribution in [0.1, 0.15) is 44.3 Å². The molecule has 0 aromatic carbocycles. The van der Waals surface area contributed by atoms with Crippen molar-refractivity contribution in [2.24, 2.45) is 4.99 Å². The number of nitrogens with one attached hydrogen (secondary N) is 2. The Morgan fingerprint density at radius 3 is 2.92 bits per heavy atom. The smallest absolute Gasteiger partial charge is 0.191 e. The van der Waals surface area contributed by atoms with Crippen molar-refractivity contribution in [1.82, 2.24) is 25.4 Å². The highest BCUT2D eigenvalue weighted by Gasteiger charge is 2.13. The van der Waals surface area contributed by atoms with Gasteiger partial charge >= 0.3 is 0 Å². The normalized spacial score (nSPS) is 14.5. The van der Waals surface area contributed by atoms with E-state index in [0.717, 1.165) is 63.0 Å². The molecule has 0 amide bonds. The summed E-state index contributed by atoms with van der Waals surface area (Å²) in [6, 6.07) is 0. The number of aliphatic imine (C=N–C) groups is 1. The van der Waals surface area contributed by atoms with Gasteiger partial charge in [0, 0.05) is 44.8 Å². The summed E-state index contributed by atoms with van der Waals surface area (Å²) in [5.41, 5.74) is 0. The predicted octanol–water partition coefficient (Wildman–Crippen LogP) is 2.47. The fraction of sp³-hybridized carbons (Fsp3) is 0.812. The monoisotopic (exact) mass is 466 g/mol. The summed E-state index contributed by atoms with van der Waals surface area (Å²) >= 11 is 1.84. The number of aryl methyl sites for hydroxylation is 2. The van der Waals surface area contributed by atoms with E-state index in [4.69, 9.17) is 0 Å². The van der Waals surface area contributed by atoms with Gasteiger partial charge in [0.15, 0.2) is 5.96 Å². The molecular formula is C16H31IN6S. The van der Waals surface area contributed by atoms with Gasteiger partial charge in [0.25, 0.3) is 0 Å². The van der Waals surface area contributed by atoms with Gasteiger partial charge in [-0.05, 0) is 32.4 Å². The van der Waals surface area contributed by atoms with Gasteiger partial charge in [-0.2, -0.15) is 11.8 Å². The van der Waals surface area contributed by atoms with Crippen molar-refractivity contribution in [2.45, 2.75) is 52.0 Å². The highest BCUT2D eigenvalue weighted by atomic mass is 127. The standard InChI is InChI=1S/C16H30N6S.HI/c1-3-17-16(19-11-13-23-2)18-10-7-9-15-21-20-14-8-5-4-6-12-22(14)15;/h3-13H2,1-2H3,(H2,17,18,19);1H. The number of guanidine groups is 1. The Balaban J connectivity index is 0.00000288. The Kier molecular flexibility index (Phi) is 11.5. The molecule has 0 saturated carbocycles. The van der Waals surface area contributed by atoms with E-state index in [1.807, 2.05) is 11.8 Å². The molecule has 1 aliphatic heterocycles. The van der Waals surface area contributed by atoms with E-state index in [1.54, 1.807) is 0 Å². The molecule has 2 rings (SSSR count). The molecule has 1 aromatic rings. The van der Waals surface area contributed by atoms with Gasteiger partial charge < -0.3 is 15.2 Å². The molecule has 24 heavy (non-hydrogen) atoms. The molecular weight excluding hydrogens is 435 g/mol. The molecule has 0 atom stereocenters. The van der Waals surface area contributed by atoms with Crippen molar-refractivity contribution < 1.29 is 0 Å². The zero-order chi connectivity index (χ0) is 16.3. The van der Waals surface area contributed by atoms with Crippen molar-refractivity contribution in [3.8, 4) is 0 Å². The van der Waals surface area contributed by atoms with Gasteiger partial charge in [-0.1, -0.05) is 6.42 Å². The maximum Gasteiger partial charge on any atom is 0.191 e. The number of halogens is 1. The Morgan fingerprint density at radius 2 is 2.12 bits per heavy atom. The molecule has 1 aliphatic rings. The minimum absolute atomic E-state index is 0. The summed E-state index contributed by atoms with van der Waals surface area (Å²) < 4.78 is 2.33. The minimum atomic E-state index is 0. The number of rotatable bonds is 8. The van der Waals surface area contributed by atoms with Crippen LogP contribution in [-0.4, -0.2) is 52.4 Å². The number of hydrogen-bond acceptors (Lipinski definition) is 4. The summed E-state index contributed by atoms with van der Waals surface area (Å²) in [5, 5.41) is 15.4.